The number of hydrogen-bond donors (Lipinski definition) is 2. The summed E-state index contributed by atoms with van der Waals surface area (Å²) in [6.07, 6.45) is 1.24. The Labute approximate surface area is 170 Å². The van der Waals surface area contributed by atoms with Gasteiger partial charge in [-0.3, -0.25) is 19.1 Å². The summed E-state index contributed by atoms with van der Waals surface area (Å²) in [5, 5.41) is 22.1. The number of pyridine rings is 2. The summed E-state index contributed by atoms with van der Waals surface area (Å²) in [7, 11) is 1.36. The molecule has 0 aliphatic carbocycles. The molecule has 152 valence electrons. The SMILES string of the molecule is CNC(=O)c1c(O)c2ncc(Cc3ccc(F)cc3)c3c2n(c1=O)C[C@@H](CC#N)O3. The molecule has 0 spiro atoms. The van der Waals surface area contributed by atoms with Gasteiger partial charge < -0.3 is 15.2 Å². The highest BCUT2D eigenvalue weighted by atomic mass is 19.1. The second-order valence-corrected chi connectivity index (χ2v) is 6.93. The number of carbonyl (C=O) groups excluding carboxylic acids is 1. The smallest absolute Gasteiger partial charge is 0.268 e. The standard InChI is InChI=1S/C21H17FN4O4/c1-24-20(28)15-18(27)16-17-19(30-14(6-7-23)10-26(17)21(15)29)12(9-25-16)8-11-2-4-13(22)5-3-11/h2-5,9,14,27H,6,8,10H2,1H3,(H,24,28)/t14-/m1/s1. The van der Waals surface area contributed by atoms with Crippen LogP contribution in [0.25, 0.3) is 11.0 Å². The number of nitrogens with one attached hydrogen (secondary N) is 1. The van der Waals surface area contributed by atoms with E-state index in [0.717, 1.165) is 5.56 Å². The molecule has 3 heterocycles. The predicted molar refractivity (Wildman–Crippen MR) is 105 cm³/mol. The fraction of sp³-hybridized carbons (Fsp3) is 0.238. The van der Waals surface area contributed by atoms with Gasteiger partial charge >= 0.3 is 0 Å². The summed E-state index contributed by atoms with van der Waals surface area (Å²) in [6.45, 7) is 0.0435. The second-order valence-electron chi connectivity index (χ2n) is 6.93. The summed E-state index contributed by atoms with van der Waals surface area (Å²) in [5.41, 5.74) is 0.622. The normalized spacial score (nSPS) is 14.8. The minimum atomic E-state index is -0.731. The molecule has 1 aliphatic heterocycles. The first kappa shape index (κ1) is 19.4. The van der Waals surface area contributed by atoms with Crippen molar-refractivity contribution >= 4 is 16.9 Å². The van der Waals surface area contributed by atoms with E-state index in [-0.39, 0.29) is 29.8 Å². The van der Waals surface area contributed by atoms with Crippen LogP contribution in [-0.4, -0.2) is 33.7 Å². The van der Waals surface area contributed by atoms with Crippen molar-refractivity contribution in [1.29, 1.82) is 5.26 Å². The van der Waals surface area contributed by atoms with Crippen LogP contribution in [0.3, 0.4) is 0 Å². The first-order chi connectivity index (χ1) is 14.4. The number of carbonyl (C=O) groups is 1. The Morgan fingerprint density at radius 1 is 1.43 bits per heavy atom. The Morgan fingerprint density at radius 2 is 2.17 bits per heavy atom. The Bertz CT molecular complexity index is 1260. The molecule has 1 atom stereocenters. The van der Waals surface area contributed by atoms with Crippen LogP contribution >= 0.6 is 0 Å². The lowest BCUT2D eigenvalue weighted by Crippen LogP contribution is -2.38. The van der Waals surface area contributed by atoms with Gasteiger partial charge in [0.25, 0.3) is 11.5 Å². The number of amides is 1. The van der Waals surface area contributed by atoms with E-state index >= 15 is 0 Å². The molecular formula is C21H17FN4O4. The molecule has 0 bridgehead atoms. The van der Waals surface area contributed by atoms with Gasteiger partial charge in [0.15, 0.2) is 11.5 Å². The van der Waals surface area contributed by atoms with Crippen LogP contribution in [0.2, 0.25) is 0 Å². The van der Waals surface area contributed by atoms with Crippen LogP contribution in [0.15, 0.2) is 35.3 Å². The topological polar surface area (TPSA) is 117 Å². The highest BCUT2D eigenvalue weighted by Gasteiger charge is 2.31. The molecule has 0 saturated heterocycles. The largest absolute Gasteiger partial charge is 0.505 e. The quantitative estimate of drug-likeness (QED) is 0.681. The van der Waals surface area contributed by atoms with E-state index in [1.54, 1.807) is 12.1 Å². The fourth-order valence-corrected chi connectivity index (χ4v) is 3.60. The number of hydrogen-bond acceptors (Lipinski definition) is 6. The van der Waals surface area contributed by atoms with Crippen molar-refractivity contribution in [3.8, 4) is 17.6 Å². The number of rotatable bonds is 4. The van der Waals surface area contributed by atoms with E-state index in [4.69, 9.17) is 10.00 Å². The van der Waals surface area contributed by atoms with Crippen LogP contribution in [0, 0.1) is 17.1 Å². The molecule has 0 saturated carbocycles. The molecule has 3 aromatic rings. The van der Waals surface area contributed by atoms with Crippen LogP contribution in [-0.2, 0) is 13.0 Å². The molecule has 0 radical (unpaired) electrons. The number of nitrogens with zero attached hydrogens (tertiary/aromatic N) is 3. The van der Waals surface area contributed by atoms with E-state index in [0.29, 0.717) is 17.7 Å². The first-order valence-corrected chi connectivity index (χ1v) is 9.22. The average Bonchev–Trinajstić information content (AvgIpc) is 2.74. The molecule has 8 nitrogen and oxygen atoms in total. The van der Waals surface area contributed by atoms with E-state index < -0.39 is 28.9 Å². The molecular weight excluding hydrogens is 391 g/mol. The fourth-order valence-electron chi connectivity index (χ4n) is 3.60. The summed E-state index contributed by atoms with van der Waals surface area (Å²) in [5.74, 6) is -1.30. The molecule has 2 N–H and O–H groups in total. The zero-order chi connectivity index (χ0) is 21.4. The Morgan fingerprint density at radius 3 is 2.83 bits per heavy atom. The lowest BCUT2D eigenvalue weighted by atomic mass is 10.0. The van der Waals surface area contributed by atoms with Gasteiger partial charge in [-0.1, -0.05) is 12.1 Å². The predicted octanol–water partition coefficient (Wildman–Crippen LogP) is 1.87. The van der Waals surface area contributed by atoms with E-state index in [2.05, 4.69) is 10.3 Å². The third-order valence-corrected chi connectivity index (χ3v) is 5.02. The van der Waals surface area contributed by atoms with Crippen LogP contribution in [0.1, 0.15) is 27.9 Å². The van der Waals surface area contributed by atoms with Crippen molar-refractivity contribution in [2.75, 3.05) is 7.05 Å². The van der Waals surface area contributed by atoms with Crippen molar-refractivity contribution in [1.82, 2.24) is 14.9 Å². The van der Waals surface area contributed by atoms with Gasteiger partial charge in [0.05, 0.1) is 19.0 Å². The highest BCUT2D eigenvalue weighted by Crippen LogP contribution is 2.38. The maximum atomic E-state index is 13.2. The third kappa shape index (κ3) is 3.12. The number of benzene rings is 1. The summed E-state index contributed by atoms with van der Waals surface area (Å²) in [6, 6.07) is 7.96. The lowest BCUT2D eigenvalue weighted by Gasteiger charge is -2.28. The lowest BCUT2D eigenvalue weighted by molar-refractivity contribution is 0.0957. The van der Waals surface area contributed by atoms with E-state index in [9.17, 15) is 19.1 Å². The number of nitriles is 1. The molecule has 4 rings (SSSR count). The van der Waals surface area contributed by atoms with Gasteiger partial charge in [0.1, 0.15) is 28.5 Å². The molecule has 0 unspecified atom stereocenters. The van der Waals surface area contributed by atoms with Gasteiger partial charge in [0, 0.05) is 25.2 Å². The van der Waals surface area contributed by atoms with Crippen molar-refractivity contribution < 1.29 is 19.0 Å². The van der Waals surface area contributed by atoms with Gasteiger partial charge in [0.2, 0.25) is 0 Å². The zero-order valence-corrected chi connectivity index (χ0v) is 16.0. The highest BCUT2D eigenvalue weighted by molar-refractivity contribution is 6.02. The average molecular weight is 408 g/mol. The number of ether oxygens (including phenoxy) is 1. The molecule has 1 aromatic carbocycles. The van der Waals surface area contributed by atoms with Gasteiger partial charge in [-0.05, 0) is 17.7 Å². The van der Waals surface area contributed by atoms with Crippen molar-refractivity contribution in [2.24, 2.45) is 0 Å². The van der Waals surface area contributed by atoms with E-state index in [1.807, 2.05) is 6.07 Å². The number of halogens is 1. The molecule has 0 fully saturated rings. The van der Waals surface area contributed by atoms with Gasteiger partial charge in [-0.15, -0.1) is 0 Å². The molecule has 9 heteroatoms. The molecule has 1 amide bonds. The maximum absolute atomic E-state index is 13.2. The van der Waals surface area contributed by atoms with Crippen molar-refractivity contribution in [2.45, 2.75) is 25.5 Å². The van der Waals surface area contributed by atoms with Gasteiger partial charge in [-0.2, -0.15) is 5.26 Å². The van der Waals surface area contributed by atoms with Crippen molar-refractivity contribution in [3.05, 3.63) is 63.3 Å². The number of aromatic nitrogens is 2. The Hall–Kier alpha value is -3.93. The van der Waals surface area contributed by atoms with Gasteiger partial charge in [-0.25, -0.2) is 4.39 Å². The molecule has 30 heavy (non-hydrogen) atoms. The summed E-state index contributed by atoms with van der Waals surface area (Å²) >= 11 is 0. The summed E-state index contributed by atoms with van der Waals surface area (Å²) in [4.78, 5) is 29.5. The maximum Gasteiger partial charge on any atom is 0.268 e. The van der Waals surface area contributed by atoms with Crippen LogP contribution in [0.5, 0.6) is 11.5 Å². The zero-order valence-electron chi connectivity index (χ0n) is 16.0. The first-order valence-electron chi connectivity index (χ1n) is 9.22. The minimum Gasteiger partial charge on any atom is -0.505 e. The van der Waals surface area contributed by atoms with Crippen LogP contribution < -0.4 is 15.6 Å². The van der Waals surface area contributed by atoms with Crippen LogP contribution in [0.4, 0.5) is 4.39 Å². The van der Waals surface area contributed by atoms with E-state index in [1.165, 1.54) is 29.9 Å². The monoisotopic (exact) mass is 408 g/mol. The number of aromatic hydroxyl groups is 1. The third-order valence-electron chi connectivity index (χ3n) is 5.02. The Balaban J connectivity index is 1.96. The second kappa shape index (κ2) is 7.48. The van der Waals surface area contributed by atoms with Crippen molar-refractivity contribution in [3.63, 3.8) is 0 Å². The Kier molecular flexibility index (Phi) is 4.83. The minimum absolute atomic E-state index is 0.0296. The molecule has 1 aliphatic rings. The molecule has 2 aromatic heterocycles. The summed E-state index contributed by atoms with van der Waals surface area (Å²) < 4.78 is 20.6.